The van der Waals surface area contributed by atoms with Crippen LogP contribution in [-0.4, -0.2) is 23.4 Å². The molecule has 2 heteroatoms. The minimum absolute atomic E-state index is 0.343. The fraction of sp³-hybridized carbons (Fsp3) is 0.900. The van der Waals surface area contributed by atoms with Crippen LogP contribution in [0, 0.1) is 5.92 Å². The highest BCUT2D eigenvalue weighted by molar-refractivity contribution is 5.76. The lowest BCUT2D eigenvalue weighted by atomic mass is 10.1. The summed E-state index contributed by atoms with van der Waals surface area (Å²) in [6.45, 7) is 7.31. The van der Waals surface area contributed by atoms with E-state index in [0.29, 0.717) is 24.3 Å². The van der Waals surface area contributed by atoms with Crippen molar-refractivity contribution in [3.05, 3.63) is 0 Å². The van der Waals surface area contributed by atoms with Crippen LogP contribution in [0.25, 0.3) is 0 Å². The van der Waals surface area contributed by atoms with Crippen molar-refractivity contribution in [2.75, 3.05) is 6.54 Å². The highest BCUT2D eigenvalue weighted by Crippen LogP contribution is 2.18. The van der Waals surface area contributed by atoms with Crippen LogP contribution in [0.5, 0.6) is 0 Å². The SMILES string of the molecule is CC(C)CC(=O)N1CCC[C@H]1C. The zero-order valence-corrected chi connectivity index (χ0v) is 8.34. The molecule has 0 unspecified atom stereocenters. The van der Waals surface area contributed by atoms with E-state index in [1.165, 1.54) is 12.8 Å². The summed E-state index contributed by atoms with van der Waals surface area (Å²) in [7, 11) is 0. The van der Waals surface area contributed by atoms with Gasteiger partial charge in [-0.15, -0.1) is 0 Å². The Morgan fingerprint density at radius 2 is 2.25 bits per heavy atom. The topological polar surface area (TPSA) is 20.3 Å². The Bertz CT molecular complexity index is 165. The molecule has 0 spiro atoms. The van der Waals surface area contributed by atoms with Crippen LogP contribution < -0.4 is 0 Å². The van der Waals surface area contributed by atoms with Crippen molar-refractivity contribution in [2.45, 2.75) is 46.1 Å². The van der Waals surface area contributed by atoms with E-state index in [2.05, 4.69) is 20.8 Å². The molecule has 1 fully saturated rings. The average molecular weight is 169 g/mol. The molecule has 1 heterocycles. The second-order valence-corrected chi connectivity index (χ2v) is 4.18. The second-order valence-electron chi connectivity index (χ2n) is 4.18. The number of nitrogens with zero attached hydrogens (tertiary/aromatic N) is 1. The summed E-state index contributed by atoms with van der Waals surface area (Å²) >= 11 is 0. The third-order valence-corrected chi connectivity index (χ3v) is 2.46. The summed E-state index contributed by atoms with van der Waals surface area (Å²) < 4.78 is 0. The zero-order valence-electron chi connectivity index (χ0n) is 8.34. The normalized spacial score (nSPS) is 23.7. The average Bonchev–Trinajstić information content (AvgIpc) is 2.33. The van der Waals surface area contributed by atoms with Crippen molar-refractivity contribution in [1.29, 1.82) is 0 Å². The minimum Gasteiger partial charge on any atom is -0.340 e. The maximum Gasteiger partial charge on any atom is 0.223 e. The Morgan fingerprint density at radius 1 is 1.58 bits per heavy atom. The van der Waals surface area contributed by atoms with Gasteiger partial charge in [-0.2, -0.15) is 0 Å². The number of hydrogen-bond donors (Lipinski definition) is 0. The van der Waals surface area contributed by atoms with E-state index in [1.807, 2.05) is 4.90 Å². The molecule has 0 radical (unpaired) electrons. The van der Waals surface area contributed by atoms with Crippen LogP contribution >= 0.6 is 0 Å². The molecule has 1 atom stereocenters. The molecule has 0 bridgehead atoms. The maximum atomic E-state index is 11.6. The number of amides is 1. The van der Waals surface area contributed by atoms with E-state index in [-0.39, 0.29) is 0 Å². The Hall–Kier alpha value is -0.530. The monoisotopic (exact) mass is 169 g/mol. The molecule has 1 rings (SSSR count). The molecular formula is C10H19NO. The lowest BCUT2D eigenvalue weighted by Crippen LogP contribution is -2.34. The fourth-order valence-electron chi connectivity index (χ4n) is 1.77. The Balaban J connectivity index is 2.41. The van der Waals surface area contributed by atoms with Crippen molar-refractivity contribution in [1.82, 2.24) is 4.90 Å². The van der Waals surface area contributed by atoms with Gasteiger partial charge in [0.25, 0.3) is 0 Å². The molecule has 0 aliphatic carbocycles. The zero-order chi connectivity index (χ0) is 9.14. The van der Waals surface area contributed by atoms with Gasteiger partial charge < -0.3 is 4.90 Å². The molecule has 0 aromatic heterocycles. The third kappa shape index (κ3) is 2.23. The first-order valence-electron chi connectivity index (χ1n) is 4.90. The van der Waals surface area contributed by atoms with E-state index in [1.54, 1.807) is 0 Å². The van der Waals surface area contributed by atoms with E-state index in [0.717, 1.165) is 6.54 Å². The molecule has 0 N–H and O–H groups in total. The lowest BCUT2D eigenvalue weighted by molar-refractivity contribution is -0.132. The van der Waals surface area contributed by atoms with Gasteiger partial charge in [-0.25, -0.2) is 0 Å². The number of hydrogen-bond acceptors (Lipinski definition) is 1. The molecule has 1 aliphatic heterocycles. The molecule has 1 aliphatic rings. The third-order valence-electron chi connectivity index (χ3n) is 2.46. The molecule has 1 saturated heterocycles. The van der Waals surface area contributed by atoms with Crippen molar-refractivity contribution >= 4 is 5.91 Å². The Kier molecular flexibility index (Phi) is 3.12. The summed E-state index contributed by atoms with van der Waals surface area (Å²) in [6, 6.07) is 0.483. The van der Waals surface area contributed by atoms with Gasteiger partial charge in [0, 0.05) is 19.0 Å². The van der Waals surface area contributed by atoms with Gasteiger partial charge in [0.1, 0.15) is 0 Å². The largest absolute Gasteiger partial charge is 0.340 e. The minimum atomic E-state index is 0.343. The summed E-state index contributed by atoms with van der Waals surface area (Å²) in [5, 5.41) is 0. The number of carbonyl (C=O) groups excluding carboxylic acids is 1. The molecule has 0 aromatic carbocycles. The number of carbonyl (C=O) groups is 1. The first-order valence-corrected chi connectivity index (χ1v) is 4.90. The summed E-state index contributed by atoms with van der Waals surface area (Å²) in [4.78, 5) is 13.6. The molecular weight excluding hydrogens is 150 g/mol. The van der Waals surface area contributed by atoms with Crippen LogP contribution in [0.4, 0.5) is 0 Å². The van der Waals surface area contributed by atoms with Crippen LogP contribution in [0.1, 0.15) is 40.0 Å². The first-order chi connectivity index (χ1) is 5.61. The van der Waals surface area contributed by atoms with E-state index < -0.39 is 0 Å². The molecule has 0 aromatic rings. The predicted molar refractivity (Wildman–Crippen MR) is 49.9 cm³/mol. The van der Waals surface area contributed by atoms with Crippen LogP contribution in [0.3, 0.4) is 0 Å². The predicted octanol–water partition coefficient (Wildman–Crippen LogP) is 2.04. The maximum absolute atomic E-state index is 11.6. The molecule has 12 heavy (non-hydrogen) atoms. The van der Waals surface area contributed by atoms with Gasteiger partial charge in [-0.3, -0.25) is 4.79 Å². The van der Waals surface area contributed by atoms with Crippen molar-refractivity contribution in [3.63, 3.8) is 0 Å². The standard InChI is InChI=1S/C10H19NO/c1-8(2)7-10(12)11-6-4-5-9(11)3/h8-9H,4-7H2,1-3H3/t9-/m1/s1. The van der Waals surface area contributed by atoms with E-state index >= 15 is 0 Å². The van der Waals surface area contributed by atoms with E-state index in [4.69, 9.17) is 0 Å². The van der Waals surface area contributed by atoms with Gasteiger partial charge in [-0.05, 0) is 25.7 Å². The number of likely N-dealkylation sites (tertiary alicyclic amines) is 1. The summed E-state index contributed by atoms with van der Waals surface area (Å²) in [5.74, 6) is 0.834. The van der Waals surface area contributed by atoms with Crippen LogP contribution in [-0.2, 0) is 4.79 Å². The molecule has 70 valence electrons. The van der Waals surface area contributed by atoms with Crippen molar-refractivity contribution in [2.24, 2.45) is 5.92 Å². The van der Waals surface area contributed by atoms with Gasteiger partial charge in [-0.1, -0.05) is 13.8 Å². The molecule has 0 saturated carbocycles. The highest BCUT2D eigenvalue weighted by Gasteiger charge is 2.24. The Morgan fingerprint density at radius 3 is 2.67 bits per heavy atom. The van der Waals surface area contributed by atoms with Crippen LogP contribution in [0.2, 0.25) is 0 Å². The first kappa shape index (κ1) is 9.56. The quantitative estimate of drug-likeness (QED) is 0.619. The van der Waals surface area contributed by atoms with Gasteiger partial charge in [0.05, 0.1) is 0 Å². The summed E-state index contributed by atoms with van der Waals surface area (Å²) in [5.41, 5.74) is 0. The fourth-order valence-corrected chi connectivity index (χ4v) is 1.77. The summed E-state index contributed by atoms with van der Waals surface area (Å²) in [6.07, 6.45) is 3.08. The highest BCUT2D eigenvalue weighted by atomic mass is 16.2. The second kappa shape index (κ2) is 3.92. The lowest BCUT2D eigenvalue weighted by Gasteiger charge is -2.22. The van der Waals surface area contributed by atoms with Crippen molar-refractivity contribution in [3.8, 4) is 0 Å². The molecule has 1 amide bonds. The van der Waals surface area contributed by atoms with Crippen LogP contribution in [0.15, 0.2) is 0 Å². The Labute approximate surface area is 74.9 Å². The smallest absolute Gasteiger partial charge is 0.223 e. The molecule has 2 nitrogen and oxygen atoms in total. The van der Waals surface area contributed by atoms with Crippen molar-refractivity contribution < 1.29 is 4.79 Å². The van der Waals surface area contributed by atoms with E-state index in [9.17, 15) is 4.79 Å². The van der Waals surface area contributed by atoms with Gasteiger partial charge in [0.2, 0.25) is 5.91 Å². The van der Waals surface area contributed by atoms with Gasteiger partial charge in [0.15, 0.2) is 0 Å². The number of rotatable bonds is 2. The van der Waals surface area contributed by atoms with Gasteiger partial charge >= 0.3 is 0 Å².